The Morgan fingerprint density at radius 1 is 1.13 bits per heavy atom. The van der Waals surface area contributed by atoms with Crippen LogP contribution in [0.15, 0.2) is 48.5 Å². The first-order valence-corrected chi connectivity index (χ1v) is 14.7. The molecule has 1 atom stereocenters. The highest BCUT2D eigenvalue weighted by Gasteiger charge is 2.33. The van der Waals surface area contributed by atoms with Gasteiger partial charge in [-0.05, 0) is 43.7 Å². The smallest absolute Gasteiger partial charge is 0.271 e. The third kappa shape index (κ3) is 7.53. The Hall–Kier alpha value is -3.47. The average Bonchev–Trinajstić information content (AvgIpc) is 3.38. The number of nitrogens with one attached hydrogen (secondary N) is 1. The molecule has 38 heavy (non-hydrogen) atoms. The number of nitro benzene ring substituents is 1. The summed E-state index contributed by atoms with van der Waals surface area (Å²) < 4.78 is 26.5. The van der Waals surface area contributed by atoms with Gasteiger partial charge in [0.05, 0.1) is 16.9 Å². The van der Waals surface area contributed by atoms with Crippen LogP contribution < -0.4 is 9.62 Å². The summed E-state index contributed by atoms with van der Waals surface area (Å²) in [5, 5.41) is 14.4. The first kappa shape index (κ1) is 29.1. The summed E-state index contributed by atoms with van der Waals surface area (Å²) in [5.41, 5.74) is 1.22. The molecule has 0 radical (unpaired) electrons. The molecule has 1 unspecified atom stereocenters. The zero-order chi connectivity index (χ0) is 27.9. The predicted molar refractivity (Wildman–Crippen MR) is 146 cm³/mol. The highest BCUT2D eigenvalue weighted by Crippen LogP contribution is 2.28. The van der Waals surface area contributed by atoms with Gasteiger partial charge >= 0.3 is 0 Å². The number of sulfonamides is 1. The molecule has 2 aromatic rings. The number of nitro groups is 1. The summed E-state index contributed by atoms with van der Waals surface area (Å²) in [6.07, 6.45) is 5.68. The second kappa shape index (κ2) is 12.9. The van der Waals surface area contributed by atoms with Crippen molar-refractivity contribution in [2.75, 3.05) is 23.7 Å². The molecular formula is C27H36N4O6S. The van der Waals surface area contributed by atoms with Gasteiger partial charge in [-0.25, -0.2) is 8.42 Å². The highest BCUT2D eigenvalue weighted by atomic mass is 32.2. The van der Waals surface area contributed by atoms with E-state index in [1.165, 1.54) is 17.0 Å². The Morgan fingerprint density at radius 3 is 2.37 bits per heavy atom. The van der Waals surface area contributed by atoms with Crippen LogP contribution in [0.25, 0.3) is 0 Å². The molecule has 1 N–H and O–H groups in total. The minimum atomic E-state index is -3.99. The molecule has 1 aliphatic carbocycles. The molecule has 10 nitrogen and oxygen atoms in total. The minimum Gasteiger partial charge on any atom is -0.352 e. The van der Waals surface area contributed by atoms with Gasteiger partial charge in [-0.1, -0.05) is 56.2 Å². The fourth-order valence-electron chi connectivity index (χ4n) is 4.84. The van der Waals surface area contributed by atoms with Gasteiger partial charge in [0.1, 0.15) is 12.6 Å². The lowest BCUT2D eigenvalue weighted by atomic mass is 10.1. The van der Waals surface area contributed by atoms with Gasteiger partial charge in [-0.2, -0.15) is 0 Å². The highest BCUT2D eigenvalue weighted by molar-refractivity contribution is 7.92. The molecule has 0 saturated heterocycles. The Morgan fingerprint density at radius 2 is 1.79 bits per heavy atom. The number of anilines is 1. The predicted octanol–water partition coefficient (Wildman–Crippen LogP) is 3.58. The van der Waals surface area contributed by atoms with Crippen LogP contribution in [0, 0.1) is 17.0 Å². The largest absolute Gasteiger partial charge is 0.352 e. The van der Waals surface area contributed by atoms with E-state index in [-0.39, 0.29) is 29.9 Å². The molecule has 0 heterocycles. The van der Waals surface area contributed by atoms with E-state index in [4.69, 9.17) is 0 Å². The number of hydrogen-bond acceptors (Lipinski definition) is 6. The summed E-state index contributed by atoms with van der Waals surface area (Å²) in [6.45, 7) is 3.08. The van der Waals surface area contributed by atoms with Crippen molar-refractivity contribution in [3.63, 3.8) is 0 Å². The standard InChI is InChI=1S/C27H36N4O6S/c1-4-24(27(33)28-22-12-8-9-13-22)29(17-16-21-10-6-5-7-11-21)26(32)19-30(38(3,36)37)25-18-23(31(34)35)15-14-20(25)2/h5-7,10-11,14-15,18,22,24H,4,8-9,12-13,16-17,19H2,1-3H3,(H,28,33). The van der Waals surface area contributed by atoms with Crippen molar-refractivity contribution in [1.82, 2.24) is 10.2 Å². The van der Waals surface area contributed by atoms with Gasteiger partial charge in [-0.15, -0.1) is 0 Å². The fourth-order valence-corrected chi connectivity index (χ4v) is 5.74. The van der Waals surface area contributed by atoms with Crippen LogP contribution in [0.1, 0.15) is 50.2 Å². The molecule has 0 bridgehead atoms. The van der Waals surface area contributed by atoms with E-state index in [9.17, 15) is 28.1 Å². The van der Waals surface area contributed by atoms with E-state index < -0.39 is 33.4 Å². The summed E-state index contributed by atoms with van der Waals surface area (Å²) in [5.74, 6) is -0.802. The molecule has 1 saturated carbocycles. The molecule has 2 amide bonds. The second-order valence-electron chi connectivity index (χ2n) is 9.73. The molecule has 0 aliphatic heterocycles. The third-order valence-corrected chi connectivity index (χ3v) is 8.05. The number of rotatable bonds is 12. The van der Waals surface area contributed by atoms with E-state index in [0.29, 0.717) is 18.4 Å². The maximum atomic E-state index is 13.8. The molecule has 2 aromatic carbocycles. The van der Waals surface area contributed by atoms with Crippen molar-refractivity contribution in [2.45, 2.75) is 64.5 Å². The molecule has 1 aliphatic rings. The first-order chi connectivity index (χ1) is 18.0. The average molecular weight is 545 g/mol. The van der Waals surface area contributed by atoms with Crippen LogP contribution in [0.2, 0.25) is 0 Å². The SMILES string of the molecule is CCC(C(=O)NC1CCCC1)N(CCc1ccccc1)C(=O)CN(c1cc([N+](=O)[O-])ccc1C)S(C)(=O)=O. The Bertz CT molecular complexity index is 1250. The molecule has 206 valence electrons. The topological polar surface area (TPSA) is 130 Å². The zero-order valence-electron chi connectivity index (χ0n) is 22.1. The van der Waals surface area contributed by atoms with E-state index in [2.05, 4.69) is 5.32 Å². The van der Waals surface area contributed by atoms with Gasteiger partial charge in [0.25, 0.3) is 5.69 Å². The number of carbonyl (C=O) groups is 2. The van der Waals surface area contributed by atoms with Gasteiger partial charge in [0.2, 0.25) is 21.8 Å². The van der Waals surface area contributed by atoms with Crippen LogP contribution in [0.4, 0.5) is 11.4 Å². The number of nitrogens with zero attached hydrogens (tertiary/aromatic N) is 3. The van der Waals surface area contributed by atoms with Gasteiger partial charge in [-0.3, -0.25) is 24.0 Å². The van der Waals surface area contributed by atoms with Gasteiger partial charge < -0.3 is 10.2 Å². The van der Waals surface area contributed by atoms with Crippen LogP contribution in [-0.2, 0) is 26.0 Å². The maximum Gasteiger partial charge on any atom is 0.271 e. The Labute approximate surface area is 224 Å². The monoisotopic (exact) mass is 544 g/mol. The summed E-state index contributed by atoms with van der Waals surface area (Å²) >= 11 is 0. The molecule has 1 fully saturated rings. The van der Waals surface area contributed by atoms with E-state index in [0.717, 1.165) is 47.9 Å². The number of non-ortho nitro benzene ring substituents is 1. The van der Waals surface area contributed by atoms with E-state index in [1.54, 1.807) is 6.92 Å². The van der Waals surface area contributed by atoms with Crippen molar-refractivity contribution >= 4 is 33.2 Å². The van der Waals surface area contributed by atoms with Gasteiger partial charge in [0.15, 0.2) is 0 Å². The van der Waals surface area contributed by atoms with Crippen LogP contribution in [0.3, 0.4) is 0 Å². The van der Waals surface area contributed by atoms with Crippen molar-refractivity contribution in [3.8, 4) is 0 Å². The molecular weight excluding hydrogens is 508 g/mol. The van der Waals surface area contributed by atoms with Crippen molar-refractivity contribution in [3.05, 3.63) is 69.8 Å². The molecule has 0 aromatic heterocycles. The van der Waals surface area contributed by atoms with Gasteiger partial charge in [0, 0.05) is 24.7 Å². The molecule has 11 heteroatoms. The maximum absolute atomic E-state index is 13.8. The van der Waals surface area contributed by atoms with Crippen LogP contribution in [-0.4, -0.2) is 61.5 Å². The van der Waals surface area contributed by atoms with Crippen molar-refractivity contribution < 1.29 is 22.9 Å². The number of amides is 2. The third-order valence-electron chi connectivity index (χ3n) is 6.92. The lowest BCUT2D eigenvalue weighted by molar-refractivity contribution is -0.384. The molecule has 3 rings (SSSR count). The molecule has 0 spiro atoms. The number of benzene rings is 2. The number of carbonyl (C=O) groups excluding carboxylic acids is 2. The second-order valence-corrected chi connectivity index (χ2v) is 11.6. The Kier molecular flexibility index (Phi) is 9.84. The number of hydrogen-bond donors (Lipinski definition) is 1. The first-order valence-electron chi connectivity index (χ1n) is 12.9. The normalized spacial score (nSPS) is 14.6. The summed E-state index contributed by atoms with van der Waals surface area (Å²) in [4.78, 5) is 39.3. The van der Waals surface area contributed by atoms with Crippen molar-refractivity contribution in [1.29, 1.82) is 0 Å². The minimum absolute atomic E-state index is 0.0570. The van der Waals surface area contributed by atoms with E-state index in [1.807, 2.05) is 37.3 Å². The number of aryl methyl sites for hydroxylation is 1. The van der Waals surface area contributed by atoms with Crippen molar-refractivity contribution in [2.24, 2.45) is 0 Å². The quantitative estimate of drug-likeness (QED) is 0.321. The zero-order valence-corrected chi connectivity index (χ0v) is 22.9. The summed E-state index contributed by atoms with van der Waals surface area (Å²) in [7, 11) is -3.99. The van der Waals surface area contributed by atoms with E-state index >= 15 is 0 Å². The fraction of sp³-hybridized carbons (Fsp3) is 0.481. The van der Waals surface area contributed by atoms with Crippen LogP contribution >= 0.6 is 0 Å². The summed E-state index contributed by atoms with van der Waals surface area (Å²) in [6, 6.07) is 12.7. The Balaban J connectivity index is 1.93. The van der Waals surface area contributed by atoms with Crippen LogP contribution in [0.5, 0.6) is 0 Å². The lowest BCUT2D eigenvalue weighted by Gasteiger charge is -2.33. The lowest BCUT2D eigenvalue weighted by Crippen LogP contribution is -2.54.